The maximum atomic E-state index is 11.0. The second kappa shape index (κ2) is 6.45. The molecule has 21 heavy (non-hydrogen) atoms. The molecule has 0 spiro atoms. The molecule has 2 aromatic carbocycles. The summed E-state index contributed by atoms with van der Waals surface area (Å²) in [5.41, 5.74) is 1.70. The predicted octanol–water partition coefficient (Wildman–Crippen LogP) is 4.44. The molecule has 2 aromatic rings. The van der Waals surface area contributed by atoms with E-state index in [1.165, 1.54) is 19.2 Å². The van der Waals surface area contributed by atoms with Crippen molar-refractivity contribution < 1.29 is 14.4 Å². The zero-order valence-corrected chi connectivity index (χ0v) is 12.4. The summed E-state index contributed by atoms with van der Waals surface area (Å²) in [6.45, 7) is 1.89. The summed E-state index contributed by atoms with van der Waals surface area (Å²) in [7, 11) is 1.39. The summed E-state index contributed by atoms with van der Waals surface area (Å²) in [5.74, 6) is 1.56. The van der Waals surface area contributed by atoms with E-state index < -0.39 is 4.92 Å². The lowest BCUT2D eigenvalue weighted by atomic mass is 10.1. The number of nitro groups is 1. The Bertz CT molecular complexity index is 673. The summed E-state index contributed by atoms with van der Waals surface area (Å²) >= 11 is 5.80. The summed E-state index contributed by atoms with van der Waals surface area (Å²) in [5, 5.41) is 11.0. The van der Waals surface area contributed by atoms with E-state index in [1.54, 1.807) is 6.07 Å². The third-order valence-corrected chi connectivity index (χ3v) is 3.29. The van der Waals surface area contributed by atoms with Crippen molar-refractivity contribution in [2.45, 2.75) is 12.8 Å². The molecule has 0 saturated carbocycles. The number of alkyl halides is 1. The Kier molecular flexibility index (Phi) is 4.65. The molecule has 0 atom stereocenters. The first-order chi connectivity index (χ1) is 10.0. The molecule has 0 unspecified atom stereocenters. The molecule has 0 saturated heterocycles. The molecular weight excluding hydrogens is 294 g/mol. The van der Waals surface area contributed by atoms with Crippen molar-refractivity contribution in [3.05, 3.63) is 57.6 Å². The van der Waals surface area contributed by atoms with Gasteiger partial charge >= 0.3 is 5.69 Å². The highest BCUT2D eigenvalue weighted by Crippen LogP contribution is 2.34. The first kappa shape index (κ1) is 15.1. The molecule has 5 nitrogen and oxygen atoms in total. The molecule has 0 aliphatic rings. The third kappa shape index (κ3) is 3.44. The highest BCUT2D eigenvalue weighted by atomic mass is 35.5. The molecule has 110 valence electrons. The van der Waals surface area contributed by atoms with Gasteiger partial charge in [-0.2, -0.15) is 0 Å². The average molecular weight is 308 g/mol. The average Bonchev–Trinajstić information content (AvgIpc) is 2.49. The summed E-state index contributed by atoms with van der Waals surface area (Å²) in [6, 6.07) is 10.1. The lowest BCUT2D eigenvalue weighted by molar-refractivity contribution is -0.385. The molecule has 0 aliphatic carbocycles. The highest BCUT2D eigenvalue weighted by molar-refractivity contribution is 6.17. The summed E-state index contributed by atoms with van der Waals surface area (Å²) in [6.07, 6.45) is 0. The number of nitrogens with zero attached hydrogens (tertiary/aromatic N) is 1. The minimum atomic E-state index is -0.506. The van der Waals surface area contributed by atoms with Crippen molar-refractivity contribution in [3.63, 3.8) is 0 Å². The number of rotatable bonds is 5. The van der Waals surface area contributed by atoms with Crippen LogP contribution in [0.25, 0.3) is 0 Å². The van der Waals surface area contributed by atoms with Gasteiger partial charge in [0.25, 0.3) is 0 Å². The molecule has 0 fully saturated rings. The minimum absolute atomic E-state index is 0.138. The standard InChI is InChI=1S/C15H14ClNO4/c1-10-3-4-11(9-16)7-15(10)21-12-5-6-14(20-2)13(8-12)17(18)19/h3-8H,9H2,1-2H3. The Balaban J connectivity index is 2.36. The Labute approximate surface area is 127 Å². The van der Waals surface area contributed by atoms with E-state index in [9.17, 15) is 10.1 Å². The molecule has 0 N–H and O–H groups in total. The normalized spacial score (nSPS) is 10.2. The molecule has 0 bridgehead atoms. The van der Waals surface area contributed by atoms with Crippen molar-refractivity contribution in [3.8, 4) is 17.2 Å². The van der Waals surface area contributed by atoms with Crippen molar-refractivity contribution in [2.75, 3.05) is 7.11 Å². The van der Waals surface area contributed by atoms with Crippen LogP contribution in [0.1, 0.15) is 11.1 Å². The first-order valence-electron chi connectivity index (χ1n) is 6.21. The Morgan fingerprint density at radius 2 is 1.95 bits per heavy atom. The molecule has 0 radical (unpaired) electrons. The number of benzene rings is 2. The Morgan fingerprint density at radius 1 is 1.19 bits per heavy atom. The van der Waals surface area contributed by atoms with Crippen LogP contribution in [0.2, 0.25) is 0 Å². The van der Waals surface area contributed by atoms with Gasteiger partial charge in [-0.05, 0) is 36.2 Å². The fourth-order valence-electron chi connectivity index (χ4n) is 1.84. The van der Waals surface area contributed by atoms with Crippen molar-refractivity contribution in [1.29, 1.82) is 0 Å². The van der Waals surface area contributed by atoms with Crippen LogP contribution in [0.15, 0.2) is 36.4 Å². The second-order valence-electron chi connectivity index (χ2n) is 4.43. The minimum Gasteiger partial charge on any atom is -0.490 e. The van der Waals surface area contributed by atoms with Gasteiger partial charge in [-0.3, -0.25) is 10.1 Å². The number of methoxy groups -OCH3 is 1. The van der Waals surface area contributed by atoms with Crippen LogP contribution in [0.3, 0.4) is 0 Å². The molecule has 2 rings (SSSR count). The molecular formula is C15H14ClNO4. The van der Waals surface area contributed by atoms with Crippen molar-refractivity contribution in [2.24, 2.45) is 0 Å². The van der Waals surface area contributed by atoms with Gasteiger partial charge in [0, 0.05) is 5.88 Å². The fraction of sp³-hybridized carbons (Fsp3) is 0.200. The van der Waals surface area contributed by atoms with E-state index in [2.05, 4.69) is 0 Å². The van der Waals surface area contributed by atoms with Gasteiger partial charge in [-0.25, -0.2) is 0 Å². The number of hydrogen-bond acceptors (Lipinski definition) is 4. The number of halogens is 1. The Morgan fingerprint density at radius 3 is 2.57 bits per heavy atom. The van der Waals surface area contributed by atoms with Gasteiger partial charge in [0.15, 0.2) is 5.75 Å². The van der Waals surface area contributed by atoms with Crippen LogP contribution in [0, 0.1) is 17.0 Å². The summed E-state index contributed by atoms with van der Waals surface area (Å²) in [4.78, 5) is 10.5. The van der Waals surface area contributed by atoms with Crippen LogP contribution in [0.5, 0.6) is 17.2 Å². The zero-order chi connectivity index (χ0) is 15.4. The van der Waals surface area contributed by atoms with Crippen molar-refractivity contribution >= 4 is 17.3 Å². The number of hydrogen-bond donors (Lipinski definition) is 0. The number of ether oxygens (including phenoxy) is 2. The summed E-state index contributed by atoms with van der Waals surface area (Å²) < 4.78 is 10.7. The zero-order valence-electron chi connectivity index (χ0n) is 11.6. The number of nitro benzene ring substituents is 1. The van der Waals surface area contributed by atoms with Gasteiger partial charge in [-0.1, -0.05) is 12.1 Å². The van der Waals surface area contributed by atoms with E-state index in [0.29, 0.717) is 17.4 Å². The topological polar surface area (TPSA) is 61.6 Å². The maximum Gasteiger partial charge on any atom is 0.314 e. The lowest BCUT2D eigenvalue weighted by Crippen LogP contribution is -1.95. The molecule has 0 aromatic heterocycles. The van der Waals surface area contributed by atoms with Gasteiger partial charge in [0.05, 0.1) is 18.1 Å². The maximum absolute atomic E-state index is 11.0. The van der Waals surface area contributed by atoms with Crippen LogP contribution in [-0.2, 0) is 5.88 Å². The van der Waals surface area contributed by atoms with Gasteiger partial charge < -0.3 is 9.47 Å². The van der Waals surface area contributed by atoms with E-state index in [4.69, 9.17) is 21.1 Å². The van der Waals surface area contributed by atoms with E-state index in [1.807, 2.05) is 25.1 Å². The van der Waals surface area contributed by atoms with Crippen LogP contribution in [0.4, 0.5) is 5.69 Å². The fourth-order valence-corrected chi connectivity index (χ4v) is 2.01. The van der Waals surface area contributed by atoms with Crippen LogP contribution < -0.4 is 9.47 Å². The third-order valence-electron chi connectivity index (χ3n) is 2.98. The highest BCUT2D eigenvalue weighted by Gasteiger charge is 2.16. The van der Waals surface area contributed by atoms with Gasteiger partial charge in [0.1, 0.15) is 11.5 Å². The van der Waals surface area contributed by atoms with Gasteiger partial charge in [0.2, 0.25) is 0 Å². The Hall–Kier alpha value is -2.27. The van der Waals surface area contributed by atoms with E-state index in [-0.39, 0.29) is 11.4 Å². The quantitative estimate of drug-likeness (QED) is 0.465. The van der Waals surface area contributed by atoms with Gasteiger partial charge in [-0.15, -0.1) is 11.6 Å². The van der Waals surface area contributed by atoms with Crippen molar-refractivity contribution in [1.82, 2.24) is 0 Å². The monoisotopic (exact) mass is 307 g/mol. The SMILES string of the molecule is COc1ccc(Oc2cc(CCl)ccc2C)cc1[N+](=O)[O-]. The molecule has 0 heterocycles. The lowest BCUT2D eigenvalue weighted by Gasteiger charge is -2.10. The predicted molar refractivity (Wildman–Crippen MR) is 80.5 cm³/mol. The smallest absolute Gasteiger partial charge is 0.314 e. The van der Waals surface area contributed by atoms with E-state index >= 15 is 0 Å². The molecule has 0 aliphatic heterocycles. The van der Waals surface area contributed by atoms with E-state index in [0.717, 1.165) is 11.1 Å². The first-order valence-corrected chi connectivity index (χ1v) is 6.74. The largest absolute Gasteiger partial charge is 0.490 e. The van der Waals surface area contributed by atoms with Crippen LogP contribution >= 0.6 is 11.6 Å². The molecule has 6 heteroatoms. The number of aryl methyl sites for hydroxylation is 1. The molecule has 0 amide bonds. The van der Waals surface area contributed by atoms with Crippen LogP contribution in [-0.4, -0.2) is 12.0 Å². The second-order valence-corrected chi connectivity index (χ2v) is 4.69.